The van der Waals surface area contributed by atoms with Crippen LogP contribution in [-0.2, 0) is 4.74 Å². The minimum absolute atomic E-state index is 0.0736. The van der Waals surface area contributed by atoms with E-state index in [-0.39, 0.29) is 16.8 Å². The van der Waals surface area contributed by atoms with Gasteiger partial charge in [0.1, 0.15) is 5.82 Å². The zero-order valence-corrected chi connectivity index (χ0v) is 11.4. The summed E-state index contributed by atoms with van der Waals surface area (Å²) >= 11 is 5.76. The molecule has 0 saturated carbocycles. The molecule has 1 aliphatic heterocycles. The number of aromatic nitrogens is 1. The van der Waals surface area contributed by atoms with Crippen molar-refractivity contribution in [1.29, 1.82) is 0 Å². The van der Waals surface area contributed by atoms with E-state index in [1.807, 2.05) is 7.05 Å². The Hall–Kier alpha value is -1.37. The van der Waals surface area contributed by atoms with Crippen LogP contribution in [-0.4, -0.2) is 60.4 Å². The first-order valence-electron chi connectivity index (χ1n) is 6.00. The van der Waals surface area contributed by atoms with Crippen molar-refractivity contribution in [3.05, 3.63) is 22.8 Å². The van der Waals surface area contributed by atoms with Gasteiger partial charge in [0.25, 0.3) is 0 Å². The highest BCUT2D eigenvalue weighted by molar-refractivity contribution is 6.33. The molecule has 1 saturated heterocycles. The van der Waals surface area contributed by atoms with Crippen molar-refractivity contribution in [3.8, 4) is 0 Å². The number of carboxylic acids is 1. The number of rotatable bonds is 4. The van der Waals surface area contributed by atoms with Crippen LogP contribution in [0.25, 0.3) is 0 Å². The molecular weight excluding hydrogens is 270 g/mol. The van der Waals surface area contributed by atoms with Gasteiger partial charge in [0.2, 0.25) is 0 Å². The molecule has 0 amide bonds. The number of aromatic carboxylic acids is 1. The lowest BCUT2D eigenvalue weighted by molar-refractivity contribution is -0.0117. The highest BCUT2D eigenvalue weighted by Crippen LogP contribution is 2.17. The Morgan fingerprint density at radius 2 is 2.47 bits per heavy atom. The highest BCUT2D eigenvalue weighted by Gasteiger charge is 2.18. The summed E-state index contributed by atoms with van der Waals surface area (Å²) < 4.78 is 5.60. The first-order valence-corrected chi connectivity index (χ1v) is 6.38. The van der Waals surface area contributed by atoms with E-state index in [1.165, 1.54) is 6.07 Å². The second-order valence-electron chi connectivity index (χ2n) is 4.47. The van der Waals surface area contributed by atoms with Gasteiger partial charge >= 0.3 is 5.97 Å². The minimum Gasteiger partial charge on any atom is -0.476 e. The Bertz CT molecular complexity index is 470. The van der Waals surface area contributed by atoms with Crippen molar-refractivity contribution < 1.29 is 14.6 Å². The number of nitrogens with one attached hydrogen (secondary N) is 1. The number of carboxylic acid groups (broad SMARTS) is 1. The van der Waals surface area contributed by atoms with Crippen LogP contribution in [0.15, 0.2) is 12.1 Å². The predicted octanol–water partition coefficient (Wildman–Crippen LogP) is 1.18. The number of morpholine rings is 1. The minimum atomic E-state index is -1.14. The molecule has 1 unspecified atom stereocenters. The van der Waals surface area contributed by atoms with Crippen molar-refractivity contribution in [3.63, 3.8) is 0 Å². The topological polar surface area (TPSA) is 74.7 Å². The van der Waals surface area contributed by atoms with Gasteiger partial charge in [-0.15, -0.1) is 0 Å². The van der Waals surface area contributed by atoms with Crippen LogP contribution in [0.3, 0.4) is 0 Å². The summed E-state index contributed by atoms with van der Waals surface area (Å²) in [7, 11) is 2.04. The van der Waals surface area contributed by atoms with Crippen LogP contribution in [0.2, 0.25) is 5.02 Å². The van der Waals surface area contributed by atoms with Gasteiger partial charge in [-0.1, -0.05) is 11.6 Å². The van der Waals surface area contributed by atoms with Crippen LogP contribution >= 0.6 is 11.6 Å². The fourth-order valence-electron chi connectivity index (χ4n) is 1.90. The number of anilines is 1. The Morgan fingerprint density at radius 3 is 3.16 bits per heavy atom. The Balaban J connectivity index is 1.96. The molecule has 1 aliphatic rings. The van der Waals surface area contributed by atoms with Crippen molar-refractivity contribution in [1.82, 2.24) is 9.88 Å². The molecule has 1 aromatic rings. The number of nitrogens with zero attached hydrogens (tertiary/aromatic N) is 2. The standard InChI is InChI=1S/C12H16ClN3O3/c1-16-4-5-19-8(7-16)6-14-10-3-2-9(13)11(15-10)12(17)18/h2-3,8H,4-7H2,1H3,(H,14,15)(H,17,18). The molecule has 19 heavy (non-hydrogen) atoms. The SMILES string of the molecule is CN1CCOC(CNc2ccc(Cl)c(C(=O)O)n2)C1. The lowest BCUT2D eigenvalue weighted by Gasteiger charge is -2.30. The molecule has 2 heterocycles. The molecule has 6 nitrogen and oxygen atoms in total. The van der Waals surface area contributed by atoms with Gasteiger partial charge in [-0.3, -0.25) is 0 Å². The summed E-state index contributed by atoms with van der Waals surface area (Å²) in [6.45, 7) is 3.06. The molecule has 2 rings (SSSR count). The second-order valence-corrected chi connectivity index (χ2v) is 4.88. The molecule has 0 aromatic carbocycles. The molecule has 0 radical (unpaired) electrons. The summed E-state index contributed by atoms with van der Waals surface area (Å²) in [5, 5.41) is 12.1. The quantitative estimate of drug-likeness (QED) is 0.865. The van der Waals surface area contributed by atoms with E-state index in [9.17, 15) is 4.79 Å². The van der Waals surface area contributed by atoms with Crippen LogP contribution in [0.4, 0.5) is 5.82 Å². The third kappa shape index (κ3) is 3.79. The molecule has 104 valence electrons. The Labute approximate surface area is 116 Å². The van der Waals surface area contributed by atoms with Gasteiger partial charge in [0.15, 0.2) is 5.69 Å². The summed E-state index contributed by atoms with van der Waals surface area (Å²) in [6.07, 6.45) is 0.0736. The van der Waals surface area contributed by atoms with Gasteiger partial charge in [-0.05, 0) is 19.2 Å². The fourth-order valence-corrected chi connectivity index (χ4v) is 2.09. The molecule has 7 heteroatoms. The largest absolute Gasteiger partial charge is 0.476 e. The predicted molar refractivity (Wildman–Crippen MR) is 71.9 cm³/mol. The molecule has 0 bridgehead atoms. The third-order valence-electron chi connectivity index (χ3n) is 2.90. The van der Waals surface area contributed by atoms with E-state index < -0.39 is 5.97 Å². The zero-order valence-electron chi connectivity index (χ0n) is 10.6. The van der Waals surface area contributed by atoms with E-state index in [0.717, 1.165) is 13.1 Å². The van der Waals surface area contributed by atoms with Crippen molar-refractivity contribution in [2.75, 3.05) is 38.6 Å². The Morgan fingerprint density at radius 1 is 1.68 bits per heavy atom. The van der Waals surface area contributed by atoms with Crippen LogP contribution < -0.4 is 5.32 Å². The summed E-state index contributed by atoms with van der Waals surface area (Å²) in [6, 6.07) is 3.18. The molecule has 0 aliphatic carbocycles. The van der Waals surface area contributed by atoms with Crippen LogP contribution in [0.5, 0.6) is 0 Å². The summed E-state index contributed by atoms with van der Waals surface area (Å²) in [4.78, 5) is 17.1. The maximum Gasteiger partial charge on any atom is 0.356 e. The van der Waals surface area contributed by atoms with E-state index in [4.69, 9.17) is 21.4 Å². The maximum atomic E-state index is 10.9. The average molecular weight is 286 g/mol. The second kappa shape index (κ2) is 6.18. The van der Waals surface area contributed by atoms with Crippen LogP contribution in [0.1, 0.15) is 10.5 Å². The monoisotopic (exact) mass is 285 g/mol. The van der Waals surface area contributed by atoms with Crippen molar-refractivity contribution in [2.24, 2.45) is 0 Å². The first-order chi connectivity index (χ1) is 9.06. The number of halogens is 1. The number of carbonyl (C=O) groups is 1. The van der Waals surface area contributed by atoms with Crippen molar-refractivity contribution in [2.45, 2.75) is 6.10 Å². The Kier molecular flexibility index (Phi) is 4.57. The van der Waals surface area contributed by atoms with E-state index in [2.05, 4.69) is 15.2 Å². The van der Waals surface area contributed by atoms with E-state index >= 15 is 0 Å². The van der Waals surface area contributed by atoms with Gasteiger partial charge in [0.05, 0.1) is 17.7 Å². The molecule has 1 atom stereocenters. The number of pyridine rings is 1. The number of likely N-dealkylation sites (N-methyl/N-ethyl adjacent to an activating group) is 1. The summed E-state index contributed by atoms with van der Waals surface area (Å²) in [5.74, 6) is -0.652. The first kappa shape index (κ1) is 14.0. The molecular formula is C12H16ClN3O3. The van der Waals surface area contributed by atoms with Crippen LogP contribution in [0, 0.1) is 0 Å². The number of ether oxygens (including phenoxy) is 1. The zero-order chi connectivity index (χ0) is 13.8. The van der Waals surface area contributed by atoms with Gasteiger partial charge in [0, 0.05) is 19.6 Å². The molecule has 1 aromatic heterocycles. The lowest BCUT2D eigenvalue weighted by atomic mass is 10.3. The van der Waals surface area contributed by atoms with E-state index in [1.54, 1.807) is 6.07 Å². The van der Waals surface area contributed by atoms with Gasteiger partial charge in [-0.25, -0.2) is 9.78 Å². The summed E-state index contributed by atoms with van der Waals surface area (Å²) in [5.41, 5.74) is -0.145. The molecule has 2 N–H and O–H groups in total. The maximum absolute atomic E-state index is 10.9. The van der Waals surface area contributed by atoms with Crippen molar-refractivity contribution >= 4 is 23.4 Å². The highest BCUT2D eigenvalue weighted by atomic mass is 35.5. The molecule has 1 fully saturated rings. The lowest BCUT2D eigenvalue weighted by Crippen LogP contribution is -2.43. The van der Waals surface area contributed by atoms with Gasteiger partial charge in [-0.2, -0.15) is 0 Å². The average Bonchev–Trinajstić information content (AvgIpc) is 2.37. The van der Waals surface area contributed by atoms with E-state index in [0.29, 0.717) is 19.0 Å². The number of hydrogen-bond acceptors (Lipinski definition) is 5. The molecule has 0 spiro atoms. The number of hydrogen-bond donors (Lipinski definition) is 2. The fraction of sp³-hybridized carbons (Fsp3) is 0.500. The smallest absolute Gasteiger partial charge is 0.356 e. The third-order valence-corrected chi connectivity index (χ3v) is 3.21. The normalized spacial score (nSPS) is 20.2. The van der Waals surface area contributed by atoms with Gasteiger partial charge < -0.3 is 20.1 Å².